The highest BCUT2D eigenvalue weighted by atomic mass is 35.5. The second kappa shape index (κ2) is 6.85. The molecule has 6 heteroatoms. The molecule has 0 aliphatic heterocycles. The van der Waals surface area contributed by atoms with Gasteiger partial charge in [-0.15, -0.1) is 0 Å². The maximum Gasteiger partial charge on any atom is 0.161 e. The van der Waals surface area contributed by atoms with Crippen LogP contribution in [-0.4, -0.2) is 21.6 Å². The molecule has 0 amide bonds. The van der Waals surface area contributed by atoms with Gasteiger partial charge in [-0.05, 0) is 49.4 Å². The minimum Gasteiger partial charge on any atom is -0.504 e. The van der Waals surface area contributed by atoms with E-state index >= 15 is 0 Å². The summed E-state index contributed by atoms with van der Waals surface area (Å²) >= 11 is 6.21. The third-order valence-electron chi connectivity index (χ3n) is 4.35. The minimum absolute atomic E-state index is 0.0844. The van der Waals surface area contributed by atoms with Crippen LogP contribution in [0.1, 0.15) is 5.56 Å². The van der Waals surface area contributed by atoms with Gasteiger partial charge in [-0.1, -0.05) is 29.3 Å². The summed E-state index contributed by atoms with van der Waals surface area (Å²) in [6.45, 7) is 2.05. The van der Waals surface area contributed by atoms with Gasteiger partial charge in [-0.3, -0.25) is 4.40 Å². The molecule has 136 valence electrons. The van der Waals surface area contributed by atoms with Crippen LogP contribution >= 0.6 is 11.6 Å². The van der Waals surface area contributed by atoms with Gasteiger partial charge in [0.25, 0.3) is 0 Å². The van der Waals surface area contributed by atoms with E-state index in [4.69, 9.17) is 21.3 Å². The molecule has 0 radical (unpaired) electrons. The molecule has 0 spiro atoms. The van der Waals surface area contributed by atoms with Crippen molar-refractivity contribution >= 4 is 28.8 Å². The lowest BCUT2D eigenvalue weighted by Gasteiger charge is -2.10. The van der Waals surface area contributed by atoms with Crippen molar-refractivity contribution in [1.29, 1.82) is 0 Å². The number of benzene rings is 2. The Bertz CT molecular complexity index is 1120. The number of rotatable bonds is 4. The number of hydrogen-bond donors (Lipinski definition) is 2. The Labute approximate surface area is 161 Å². The van der Waals surface area contributed by atoms with E-state index in [1.54, 1.807) is 18.2 Å². The first-order valence-corrected chi connectivity index (χ1v) is 8.81. The number of methoxy groups -OCH3 is 1. The van der Waals surface area contributed by atoms with E-state index in [0.717, 1.165) is 28.4 Å². The number of imidazole rings is 1. The van der Waals surface area contributed by atoms with Crippen LogP contribution in [0.2, 0.25) is 5.02 Å². The number of pyridine rings is 1. The Morgan fingerprint density at radius 3 is 2.59 bits per heavy atom. The summed E-state index contributed by atoms with van der Waals surface area (Å²) in [5, 5.41) is 14.0. The average Bonchev–Trinajstić information content (AvgIpc) is 3.01. The highest BCUT2D eigenvalue weighted by molar-refractivity contribution is 6.30. The Balaban J connectivity index is 1.90. The molecule has 0 aliphatic rings. The van der Waals surface area contributed by atoms with Crippen LogP contribution in [0.4, 0.5) is 11.5 Å². The first-order chi connectivity index (χ1) is 13.0. The molecule has 2 aromatic heterocycles. The van der Waals surface area contributed by atoms with Crippen molar-refractivity contribution in [3.63, 3.8) is 0 Å². The third-order valence-corrected chi connectivity index (χ3v) is 4.57. The maximum atomic E-state index is 9.90. The first kappa shape index (κ1) is 17.2. The van der Waals surface area contributed by atoms with Gasteiger partial charge < -0.3 is 15.2 Å². The highest BCUT2D eigenvalue weighted by Gasteiger charge is 2.16. The number of aromatic nitrogens is 2. The van der Waals surface area contributed by atoms with Crippen LogP contribution in [0.5, 0.6) is 11.5 Å². The van der Waals surface area contributed by atoms with Gasteiger partial charge in [0.05, 0.1) is 12.1 Å². The van der Waals surface area contributed by atoms with Crippen LogP contribution in [-0.2, 0) is 0 Å². The molecule has 0 aliphatic carbocycles. The Kier molecular flexibility index (Phi) is 4.38. The molecule has 2 aromatic carbocycles. The van der Waals surface area contributed by atoms with E-state index in [1.165, 1.54) is 12.7 Å². The molecule has 27 heavy (non-hydrogen) atoms. The third kappa shape index (κ3) is 3.29. The lowest BCUT2D eigenvalue weighted by Crippen LogP contribution is -1.97. The number of ether oxygens (including phenoxy) is 1. The van der Waals surface area contributed by atoms with Gasteiger partial charge >= 0.3 is 0 Å². The number of aryl methyl sites for hydroxylation is 1. The van der Waals surface area contributed by atoms with Gasteiger partial charge in [-0.2, -0.15) is 0 Å². The molecule has 0 unspecified atom stereocenters. The Morgan fingerprint density at radius 2 is 1.85 bits per heavy atom. The smallest absolute Gasteiger partial charge is 0.161 e. The number of halogens is 1. The van der Waals surface area contributed by atoms with E-state index < -0.39 is 0 Å². The van der Waals surface area contributed by atoms with Crippen molar-refractivity contribution in [3.8, 4) is 22.8 Å². The molecule has 5 nitrogen and oxygen atoms in total. The molecule has 0 atom stereocenters. The topological polar surface area (TPSA) is 58.8 Å². The normalized spacial score (nSPS) is 10.9. The van der Waals surface area contributed by atoms with Crippen molar-refractivity contribution < 1.29 is 9.84 Å². The molecule has 0 fully saturated rings. The summed E-state index contributed by atoms with van der Waals surface area (Å²) in [5.41, 5.74) is 4.44. The van der Waals surface area contributed by atoms with E-state index in [-0.39, 0.29) is 5.75 Å². The number of hydrogen-bond acceptors (Lipinski definition) is 4. The Hall–Kier alpha value is -3.18. The summed E-state index contributed by atoms with van der Waals surface area (Å²) in [7, 11) is 1.52. The van der Waals surface area contributed by atoms with E-state index in [2.05, 4.69) is 5.32 Å². The highest BCUT2D eigenvalue weighted by Crippen LogP contribution is 2.36. The summed E-state index contributed by atoms with van der Waals surface area (Å²) < 4.78 is 7.16. The maximum absolute atomic E-state index is 9.90. The molecule has 2 heterocycles. The molecular weight excluding hydrogens is 362 g/mol. The molecule has 4 aromatic rings. The number of anilines is 2. The summed E-state index contributed by atoms with van der Waals surface area (Å²) in [6.07, 6.45) is 1.82. The van der Waals surface area contributed by atoms with Crippen molar-refractivity contribution in [1.82, 2.24) is 9.38 Å². The van der Waals surface area contributed by atoms with Gasteiger partial charge in [0, 0.05) is 17.4 Å². The van der Waals surface area contributed by atoms with Crippen LogP contribution < -0.4 is 10.1 Å². The fraction of sp³-hybridized carbons (Fsp3) is 0.0952. The minimum atomic E-state index is 0.0844. The van der Waals surface area contributed by atoms with E-state index in [0.29, 0.717) is 10.8 Å². The number of phenolic OH excluding ortho intramolecular Hbond substituents is 1. The summed E-state index contributed by atoms with van der Waals surface area (Å²) in [5.74, 6) is 1.26. The number of phenols is 1. The first-order valence-electron chi connectivity index (χ1n) is 8.44. The standard InChI is InChI=1S/C21H18ClN3O2/c1-13-3-7-16(8-4-13)23-21-20(14-5-9-17(26)18(11-14)27-2)24-19-10-6-15(22)12-25(19)21/h3-12,23,26H,1-2H3. The SMILES string of the molecule is COc1cc(-c2nc3ccc(Cl)cn3c2Nc2ccc(C)cc2)ccc1O. The number of nitrogens with zero attached hydrogens (tertiary/aromatic N) is 2. The van der Waals surface area contributed by atoms with Crippen molar-refractivity contribution in [3.05, 3.63) is 71.4 Å². The molecular formula is C21H18ClN3O2. The van der Waals surface area contributed by atoms with E-state index in [1.807, 2.05) is 53.9 Å². The zero-order chi connectivity index (χ0) is 19.0. The zero-order valence-electron chi connectivity index (χ0n) is 14.9. The van der Waals surface area contributed by atoms with Crippen LogP contribution in [0.15, 0.2) is 60.8 Å². The number of fused-ring (bicyclic) bond motifs is 1. The molecule has 0 saturated carbocycles. The largest absolute Gasteiger partial charge is 0.504 e. The average molecular weight is 380 g/mol. The lowest BCUT2D eigenvalue weighted by molar-refractivity contribution is 0.373. The fourth-order valence-corrected chi connectivity index (χ4v) is 3.10. The second-order valence-electron chi connectivity index (χ2n) is 6.26. The van der Waals surface area contributed by atoms with Crippen LogP contribution in [0.3, 0.4) is 0 Å². The summed E-state index contributed by atoms with van der Waals surface area (Å²) in [6, 6.07) is 17.0. The quantitative estimate of drug-likeness (QED) is 0.497. The fourth-order valence-electron chi connectivity index (χ4n) is 2.94. The summed E-state index contributed by atoms with van der Waals surface area (Å²) in [4.78, 5) is 4.75. The van der Waals surface area contributed by atoms with Crippen LogP contribution in [0.25, 0.3) is 16.9 Å². The number of nitrogens with one attached hydrogen (secondary N) is 1. The van der Waals surface area contributed by atoms with Gasteiger partial charge in [0.15, 0.2) is 11.5 Å². The molecule has 0 saturated heterocycles. The molecule has 4 rings (SSSR count). The second-order valence-corrected chi connectivity index (χ2v) is 6.70. The van der Waals surface area contributed by atoms with Crippen LogP contribution in [0, 0.1) is 6.92 Å². The van der Waals surface area contributed by atoms with Gasteiger partial charge in [-0.25, -0.2) is 4.98 Å². The van der Waals surface area contributed by atoms with Crippen molar-refractivity contribution in [2.24, 2.45) is 0 Å². The Morgan fingerprint density at radius 1 is 1.07 bits per heavy atom. The number of aromatic hydroxyl groups is 1. The van der Waals surface area contributed by atoms with Gasteiger partial charge in [0.1, 0.15) is 17.2 Å². The van der Waals surface area contributed by atoms with E-state index in [9.17, 15) is 5.11 Å². The molecule has 2 N–H and O–H groups in total. The lowest BCUT2D eigenvalue weighted by atomic mass is 10.1. The predicted octanol–water partition coefficient (Wildman–Crippen LogP) is 5.42. The van der Waals surface area contributed by atoms with Crippen molar-refractivity contribution in [2.45, 2.75) is 6.92 Å². The van der Waals surface area contributed by atoms with Gasteiger partial charge in [0.2, 0.25) is 0 Å². The molecule has 0 bridgehead atoms. The van der Waals surface area contributed by atoms with Crippen molar-refractivity contribution in [2.75, 3.05) is 12.4 Å². The monoisotopic (exact) mass is 379 g/mol. The predicted molar refractivity (Wildman–Crippen MR) is 108 cm³/mol. The zero-order valence-corrected chi connectivity index (χ0v) is 15.7.